The quantitative estimate of drug-likeness (QED) is 0.647. The summed E-state index contributed by atoms with van der Waals surface area (Å²) < 4.78 is 1.76. The van der Waals surface area contributed by atoms with Crippen LogP contribution in [0.15, 0.2) is 30.6 Å². The minimum Gasteiger partial charge on any atom is -0.334 e. The first-order chi connectivity index (χ1) is 12.9. The van der Waals surface area contributed by atoms with E-state index in [0.29, 0.717) is 24.2 Å². The number of amides is 1. The number of aromatic nitrogens is 3. The van der Waals surface area contributed by atoms with Gasteiger partial charge < -0.3 is 4.90 Å². The number of aryl methyl sites for hydroxylation is 1. The third kappa shape index (κ3) is 5.93. The highest BCUT2D eigenvalue weighted by atomic mass is 35.5. The summed E-state index contributed by atoms with van der Waals surface area (Å²) in [5, 5.41) is 13.8. The van der Waals surface area contributed by atoms with Gasteiger partial charge in [0.05, 0.1) is 18.2 Å². The molecule has 0 unspecified atom stereocenters. The van der Waals surface area contributed by atoms with Crippen LogP contribution >= 0.6 is 11.6 Å². The highest BCUT2D eigenvalue weighted by Crippen LogP contribution is 2.22. The molecule has 0 spiro atoms. The van der Waals surface area contributed by atoms with Crippen molar-refractivity contribution in [3.63, 3.8) is 0 Å². The van der Waals surface area contributed by atoms with E-state index in [1.165, 1.54) is 6.08 Å². The van der Waals surface area contributed by atoms with Crippen molar-refractivity contribution in [2.45, 2.75) is 40.3 Å². The molecule has 0 fully saturated rings. The fourth-order valence-corrected chi connectivity index (χ4v) is 2.95. The van der Waals surface area contributed by atoms with E-state index in [1.807, 2.05) is 19.1 Å². The molecule has 0 aromatic carbocycles. The highest BCUT2D eigenvalue weighted by molar-refractivity contribution is 6.31. The van der Waals surface area contributed by atoms with Crippen LogP contribution in [0.25, 0.3) is 6.08 Å². The Balaban J connectivity index is 2.16. The molecular formula is C20H24ClN5O. The summed E-state index contributed by atoms with van der Waals surface area (Å²) in [5.41, 5.74) is 2.43. The molecule has 0 aliphatic heterocycles. The third-order valence-corrected chi connectivity index (χ3v) is 4.34. The zero-order valence-electron chi connectivity index (χ0n) is 15.9. The number of nitrogens with zero attached hydrogens (tertiary/aromatic N) is 5. The first-order valence-corrected chi connectivity index (χ1v) is 9.26. The second kappa shape index (κ2) is 9.89. The van der Waals surface area contributed by atoms with Gasteiger partial charge in [-0.3, -0.25) is 14.5 Å². The fraction of sp³-hybridized carbons (Fsp3) is 0.400. The van der Waals surface area contributed by atoms with E-state index in [-0.39, 0.29) is 12.3 Å². The molecule has 7 heteroatoms. The van der Waals surface area contributed by atoms with Crippen LogP contribution in [0.3, 0.4) is 0 Å². The van der Waals surface area contributed by atoms with E-state index < -0.39 is 0 Å². The topological polar surface area (TPSA) is 74.8 Å². The van der Waals surface area contributed by atoms with E-state index >= 15 is 0 Å². The molecule has 6 nitrogen and oxygen atoms in total. The molecule has 0 aliphatic carbocycles. The van der Waals surface area contributed by atoms with E-state index in [4.69, 9.17) is 16.9 Å². The predicted molar refractivity (Wildman–Crippen MR) is 106 cm³/mol. The number of nitriles is 1. The molecule has 2 rings (SSSR count). The molecule has 0 saturated heterocycles. The maximum atomic E-state index is 12.7. The van der Waals surface area contributed by atoms with Crippen LogP contribution in [0.4, 0.5) is 0 Å². The van der Waals surface area contributed by atoms with Crippen LogP contribution in [-0.2, 0) is 17.9 Å². The Labute approximate surface area is 165 Å². The van der Waals surface area contributed by atoms with Crippen molar-refractivity contribution < 1.29 is 4.79 Å². The van der Waals surface area contributed by atoms with Crippen LogP contribution in [0.1, 0.15) is 37.1 Å². The molecule has 0 radical (unpaired) electrons. The summed E-state index contributed by atoms with van der Waals surface area (Å²) in [4.78, 5) is 18.4. The van der Waals surface area contributed by atoms with Crippen molar-refractivity contribution in [2.75, 3.05) is 6.54 Å². The van der Waals surface area contributed by atoms with Crippen LogP contribution < -0.4 is 0 Å². The Hall–Kier alpha value is -2.65. The number of pyridine rings is 1. The Morgan fingerprint density at radius 3 is 2.89 bits per heavy atom. The predicted octanol–water partition coefficient (Wildman–Crippen LogP) is 3.85. The van der Waals surface area contributed by atoms with E-state index in [0.717, 1.165) is 23.4 Å². The lowest BCUT2D eigenvalue weighted by atomic mass is 10.2. The second-order valence-corrected chi connectivity index (χ2v) is 7.09. The van der Waals surface area contributed by atoms with Crippen molar-refractivity contribution in [1.29, 1.82) is 5.26 Å². The smallest absolute Gasteiger partial charge is 0.246 e. The molecule has 0 bridgehead atoms. The number of carbonyl (C=O) groups is 1. The lowest BCUT2D eigenvalue weighted by Crippen LogP contribution is -2.29. The van der Waals surface area contributed by atoms with Crippen LogP contribution in [0, 0.1) is 24.2 Å². The zero-order chi connectivity index (χ0) is 19.8. The van der Waals surface area contributed by atoms with Crippen LogP contribution in [0.5, 0.6) is 0 Å². The van der Waals surface area contributed by atoms with Gasteiger partial charge in [-0.2, -0.15) is 10.4 Å². The lowest BCUT2D eigenvalue weighted by Gasteiger charge is -2.19. The Morgan fingerprint density at radius 1 is 1.48 bits per heavy atom. The van der Waals surface area contributed by atoms with Gasteiger partial charge in [0.15, 0.2) is 0 Å². The molecule has 0 aliphatic rings. The average Bonchev–Trinajstić information content (AvgIpc) is 2.90. The molecular weight excluding hydrogens is 362 g/mol. The number of halogens is 1. The minimum absolute atomic E-state index is 0.179. The normalized spacial score (nSPS) is 11.1. The van der Waals surface area contributed by atoms with Gasteiger partial charge in [-0.05, 0) is 30.5 Å². The van der Waals surface area contributed by atoms with Crippen molar-refractivity contribution in [3.05, 3.63) is 52.6 Å². The van der Waals surface area contributed by atoms with Gasteiger partial charge in [-0.15, -0.1) is 0 Å². The summed E-state index contributed by atoms with van der Waals surface area (Å²) >= 11 is 6.42. The number of hydrogen-bond donors (Lipinski definition) is 0. The monoisotopic (exact) mass is 385 g/mol. The summed E-state index contributed by atoms with van der Waals surface area (Å²) in [6.45, 7) is 7.54. The molecule has 0 N–H and O–H groups in total. The molecule has 142 valence electrons. The Kier molecular flexibility index (Phi) is 7.56. The fourth-order valence-electron chi connectivity index (χ4n) is 2.65. The van der Waals surface area contributed by atoms with Crippen molar-refractivity contribution in [1.82, 2.24) is 19.7 Å². The molecule has 27 heavy (non-hydrogen) atoms. The molecule has 2 heterocycles. The second-order valence-electron chi connectivity index (χ2n) is 6.73. The largest absolute Gasteiger partial charge is 0.334 e. The zero-order valence-corrected chi connectivity index (χ0v) is 16.6. The third-order valence-electron chi connectivity index (χ3n) is 3.94. The first kappa shape index (κ1) is 20.7. The number of hydrogen-bond acceptors (Lipinski definition) is 4. The van der Waals surface area contributed by atoms with Crippen molar-refractivity contribution >= 4 is 23.6 Å². The van der Waals surface area contributed by atoms with Crippen LogP contribution in [0.2, 0.25) is 5.15 Å². The number of rotatable bonds is 8. The van der Waals surface area contributed by atoms with Crippen LogP contribution in [-0.4, -0.2) is 32.1 Å². The number of carbonyl (C=O) groups excluding carboxylic acids is 1. The van der Waals surface area contributed by atoms with Gasteiger partial charge in [0.2, 0.25) is 5.91 Å². The molecule has 0 saturated carbocycles. The van der Waals surface area contributed by atoms with E-state index in [9.17, 15) is 4.79 Å². The van der Waals surface area contributed by atoms with E-state index in [2.05, 4.69) is 30.0 Å². The minimum atomic E-state index is -0.179. The average molecular weight is 386 g/mol. The Morgan fingerprint density at radius 2 is 2.26 bits per heavy atom. The van der Waals surface area contributed by atoms with Gasteiger partial charge in [0, 0.05) is 43.7 Å². The maximum absolute atomic E-state index is 12.7. The molecule has 2 aromatic heterocycles. The molecule has 1 amide bonds. The summed E-state index contributed by atoms with van der Waals surface area (Å²) in [5.74, 6) is 0.238. The molecule has 2 aromatic rings. The lowest BCUT2D eigenvalue weighted by molar-refractivity contribution is -0.126. The van der Waals surface area contributed by atoms with Crippen molar-refractivity contribution in [2.24, 2.45) is 5.92 Å². The molecule has 0 atom stereocenters. The van der Waals surface area contributed by atoms with Gasteiger partial charge in [0.1, 0.15) is 5.15 Å². The van der Waals surface area contributed by atoms with Crippen molar-refractivity contribution in [3.8, 4) is 6.07 Å². The summed E-state index contributed by atoms with van der Waals surface area (Å²) in [6.07, 6.45) is 6.86. The summed E-state index contributed by atoms with van der Waals surface area (Å²) in [6, 6.07) is 5.81. The first-order valence-electron chi connectivity index (χ1n) is 8.88. The summed E-state index contributed by atoms with van der Waals surface area (Å²) in [7, 11) is 0. The van der Waals surface area contributed by atoms with E-state index in [1.54, 1.807) is 28.1 Å². The maximum Gasteiger partial charge on any atom is 0.246 e. The Bertz CT molecular complexity index is 836. The SMILES string of the molecule is Cc1nn(CC(C)C)c(Cl)c1C=CC(=O)N(CCC#N)Cc1cccnc1. The van der Waals surface area contributed by atoms with Gasteiger partial charge >= 0.3 is 0 Å². The highest BCUT2D eigenvalue weighted by Gasteiger charge is 2.15. The standard InChI is InChI=1S/C20H24ClN5O/c1-15(2)13-26-20(21)18(16(3)24-26)7-8-19(27)25(11-5-9-22)14-17-6-4-10-23-12-17/h4,6-8,10,12,15H,5,11,13-14H2,1-3H3. The van der Waals surface area contributed by atoms with Gasteiger partial charge in [0.25, 0.3) is 0 Å². The van der Waals surface area contributed by atoms with Gasteiger partial charge in [-0.25, -0.2) is 0 Å². The van der Waals surface area contributed by atoms with Gasteiger partial charge in [-0.1, -0.05) is 31.5 Å².